The van der Waals surface area contributed by atoms with Crippen LogP contribution in [-0.4, -0.2) is 42.9 Å². The molecule has 2 heterocycles. The normalized spacial score (nSPS) is 16.6. The molecular formula is C29H27N3O5. The molecule has 8 heteroatoms. The van der Waals surface area contributed by atoms with Gasteiger partial charge in [0, 0.05) is 18.7 Å². The summed E-state index contributed by atoms with van der Waals surface area (Å²) in [4.78, 5) is 53.4. The zero-order valence-electron chi connectivity index (χ0n) is 20.7. The summed E-state index contributed by atoms with van der Waals surface area (Å²) in [6.07, 6.45) is 1.88. The van der Waals surface area contributed by atoms with Gasteiger partial charge in [0.1, 0.15) is 0 Å². The molecule has 2 N–H and O–H groups in total. The molecule has 0 radical (unpaired) electrons. The van der Waals surface area contributed by atoms with Crippen molar-refractivity contribution in [3.05, 3.63) is 94.0 Å². The van der Waals surface area contributed by atoms with Crippen molar-refractivity contribution in [3.8, 4) is 0 Å². The summed E-state index contributed by atoms with van der Waals surface area (Å²) in [7, 11) is 0. The van der Waals surface area contributed by atoms with Crippen molar-refractivity contribution in [2.45, 2.75) is 32.8 Å². The monoisotopic (exact) mass is 497 g/mol. The molecule has 2 aliphatic rings. The second-order valence-electron chi connectivity index (χ2n) is 9.34. The minimum absolute atomic E-state index is 0.000480. The van der Waals surface area contributed by atoms with Crippen LogP contribution in [0.25, 0.3) is 0 Å². The predicted molar refractivity (Wildman–Crippen MR) is 139 cm³/mol. The zero-order chi connectivity index (χ0) is 26.1. The van der Waals surface area contributed by atoms with Gasteiger partial charge in [0.05, 0.1) is 34.2 Å². The molecule has 1 fully saturated rings. The minimum Gasteiger partial charge on any atom is -0.376 e. The summed E-state index contributed by atoms with van der Waals surface area (Å²) in [5.74, 6) is -1.70. The maximum Gasteiger partial charge on any atom is 0.266 e. The maximum absolute atomic E-state index is 13.2. The molecule has 37 heavy (non-hydrogen) atoms. The number of amides is 4. The Bertz CT molecular complexity index is 1420. The lowest BCUT2D eigenvalue weighted by atomic mass is 10.0. The second-order valence-corrected chi connectivity index (χ2v) is 9.34. The van der Waals surface area contributed by atoms with Crippen molar-refractivity contribution in [1.82, 2.24) is 5.32 Å². The number of benzene rings is 3. The lowest BCUT2D eigenvalue weighted by Gasteiger charge is -2.17. The Balaban J connectivity index is 1.35. The molecule has 1 saturated heterocycles. The van der Waals surface area contributed by atoms with Crippen LogP contribution in [0, 0.1) is 13.8 Å². The van der Waals surface area contributed by atoms with Gasteiger partial charge in [-0.3, -0.25) is 19.2 Å². The van der Waals surface area contributed by atoms with E-state index in [1.165, 1.54) is 18.2 Å². The first-order chi connectivity index (χ1) is 17.8. The second kappa shape index (κ2) is 9.99. The first-order valence-electron chi connectivity index (χ1n) is 12.2. The number of fused-ring (bicyclic) bond motifs is 1. The third-order valence-electron chi connectivity index (χ3n) is 6.69. The molecule has 8 nitrogen and oxygen atoms in total. The topological polar surface area (TPSA) is 105 Å². The molecule has 0 aromatic heterocycles. The van der Waals surface area contributed by atoms with Gasteiger partial charge in [-0.25, -0.2) is 4.90 Å². The van der Waals surface area contributed by atoms with Crippen LogP contribution in [-0.2, 0) is 4.74 Å². The quantitative estimate of drug-likeness (QED) is 0.495. The summed E-state index contributed by atoms with van der Waals surface area (Å²) in [5, 5.41) is 5.64. The number of imide groups is 1. The Hall–Kier alpha value is -4.30. The van der Waals surface area contributed by atoms with E-state index < -0.39 is 17.7 Å². The number of hydrogen-bond donors (Lipinski definition) is 2. The first kappa shape index (κ1) is 24.4. The Kier molecular flexibility index (Phi) is 6.58. The van der Waals surface area contributed by atoms with E-state index in [0.717, 1.165) is 28.9 Å². The highest BCUT2D eigenvalue weighted by Crippen LogP contribution is 2.32. The molecule has 3 aromatic carbocycles. The largest absolute Gasteiger partial charge is 0.376 e. The number of nitrogens with zero attached hydrogens (tertiary/aromatic N) is 1. The Morgan fingerprint density at radius 1 is 0.946 bits per heavy atom. The number of rotatable bonds is 6. The number of carbonyl (C=O) groups is 4. The van der Waals surface area contributed by atoms with E-state index in [9.17, 15) is 19.2 Å². The Labute approximate surface area is 214 Å². The van der Waals surface area contributed by atoms with E-state index in [1.807, 2.05) is 26.0 Å². The van der Waals surface area contributed by atoms with E-state index in [2.05, 4.69) is 10.6 Å². The SMILES string of the molecule is Cc1ccc(C)c(N2C(=O)c3ccc(C(=O)Nc4ccccc4C(=O)NCC4CCCO4)cc3C2=O)c1. The lowest BCUT2D eigenvalue weighted by molar-refractivity contribution is 0.0857. The molecule has 1 atom stereocenters. The van der Waals surface area contributed by atoms with Crippen LogP contribution in [0.1, 0.15) is 65.4 Å². The fraction of sp³-hybridized carbons (Fsp3) is 0.241. The molecule has 188 valence electrons. The standard InChI is InChI=1S/C29H27N3O5/c1-17-9-10-18(2)25(14-17)32-28(35)21-12-11-19(15-23(21)29(32)36)26(33)31-24-8-4-3-7-22(24)27(34)30-16-20-6-5-13-37-20/h3-4,7-12,14-15,20H,5-6,13,16H2,1-2H3,(H,30,34)(H,31,33). The number of nitrogens with one attached hydrogen (secondary N) is 2. The van der Waals surface area contributed by atoms with Gasteiger partial charge in [0.15, 0.2) is 0 Å². The molecule has 5 rings (SSSR count). The van der Waals surface area contributed by atoms with E-state index in [0.29, 0.717) is 30.1 Å². The van der Waals surface area contributed by atoms with Crippen molar-refractivity contribution in [2.75, 3.05) is 23.4 Å². The van der Waals surface area contributed by atoms with Crippen LogP contribution in [0.4, 0.5) is 11.4 Å². The van der Waals surface area contributed by atoms with Crippen LogP contribution < -0.4 is 15.5 Å². The van der Waals surface area contributed by atoms with Gasteiger partial charge in [0.2, 0.25) is 0 Å². The summed E-state index contributed by atoms with van der Waals surface area (Å²) >= 11 is 0. The van der Waals surface area contributed by atoms with E-state index in [4.69, 9.17) is 4.74 Å². The van der Waals surface area contributed by atoms with Crippen molar-refractivity contribution >= 4 is 35.0 Å². The highest BCUT2D eigenvalue weighted by molar-refractivity contribution is 6.35. The van der Waals surface area contributed by atoms with Crippen LogP contribution >= 0.6 is 0 Å². The third kappa shape index (κ3) is 4.75. The summed E-state index contributed by atoms with van der Waals surface area (Å²) in [6, 6.07) is 16.7. The van der Waals surface area contributed by atoms with Gasteiger partial charge in [-0.15, -0.1) is 0 Å². The van der Waals surface area contributed by atoms with Crippen LogP contribution in [0.2, 0.25) is 0 Å². The number of hydrogen-bond acceptors (Lipinski definition) is 5. The average molecular weight is 498 g/mol. The maximum atomic E-state index is 13.2. The lowest BCUT2D eigenvalue weighted by Crippen LogP contribution is -2.32. The molecule has 0 aliphatic carbocycles. The molecule has 2 aliphatic heterocycles. The van der Waals surface area contributed by atoms with Crippen molar-refractivity contribution in [1.29, 1.82) is 0 Å². The smallest absolute Gasteiger partial charge is 0.266 e. The average Bonchev–Trinajstić information content (AvgIpc) is 3.50. The van der Waals surface area contributed by atoms with Gasteiger partial charge in [0.25, 0.3) is 23.6 Å². The molecule has 0 spiro atoms. The van der Waals surface area contributed by atoms with Crippen molar-refractivity contribution in [2.24, 2.45) is 0 Å². The fourth-order valence-electron chi connectivity index (χ4n) is 4.65. The Morgan fingerprint density at radius 3 is 2.51 bits per heavy atom. The van der Waals surface area contributed by atoms with Gasteiger partial charge in [-0.1, -0.05) is 24.3 Å². The zero-order valence-corrected chi connectivity index (χ0v) is 20.7. The molecular weight excluding hydrogens is 470 g/mol. The molecule has 0 saturated carbocycles. The van der Waals surface area contributed by atoms with E-state index in [1.54, 1.807) is 30.3 Å². The van der Waals surface area contributed by atoms with Gasteiger partial charge in [-0.05, 0) is 74.2 Å². The molecule has 4 amide bonds. The van der Waals surface area contributed by atoms with Gasteiger partial charge >= 0.3 is 0 Å². The molecule has 3 aromatic rings. The first-order valence-corrected chi connectivity index (χ1v) is 12.2. The van der Waals surface area contributed by atoms with Crippen LogP contribution in [0.3, 0.4) is 0 Å². The highest BCUT2D eigenvalue weighted by atomic mass is 16.5. The Morgan fingerprint density at radius 2 is 1.73 bits per heavy atom. The van der Waals surface area contributed by atoms with Crippen molar-refractivity contribution in [3.63, 3.8) is 0 Å². The van der Waals surface area contributed by atoms with Gasteiger partial charge < -0.3 is 15.4 Å². The number of carbonyl (C=O) groups excluding carboxylic acids is 4. The fourth-order valence-corrected chi connectivity index (χ4v) is 4.65. The number of para-hydroxylation sites is 1. The third-order valence-corrected chi connectivity index (χ3v) is 6.69. The van der Waals surface area contributed by atoms with E-state index in [-0.39, 0.29) is 28.7 Å². The minimum atomic E-state index is -0.493. The van der Waals surface area contributed by atoms with Crippen molar-refractivity contribution < 1.29 is 23.9 Å². The van der Waals surface area contributed by atoms with E-state index >= 15 is 0 Å². The summed E-state index contributed by atoms with van der Waals surface area (Å²) in [5.41, 5.74) is 3.54. The van der Waals surface area contributed by atoms with Crippen LogP contribution in [0.15, 0.2) is 60.7 Å². The van der Waals surface area contributed by atoms with Gasteiger partial charge in [-0.2, -0.15) is 0 Å². The predicted octanol–water partition coefficient (Wildman–Crippen LogP) is 4.27. The summed E-state index contributed by atoms with van der Waals surface area (Å²) < 4.78 is 5.55. The number of aryl methyl sites for hydroxylation is 2. The summed E-state index contributed by atoms with van der Waals surface area (Å²) in [6.45, 7) is 4.83. The number of anilines is 2. The highest BCUT2D eigenvalue weighted by Gasteiger charge is 2.38. The molecule has 1 unspecified atom stereocenters. The van der Waals surface area contributed by atoms with Crippen LogP contribution in [0.5, 0.6) is 0 Å². The molecule has 0 bridgehead atoms. The number of ether oxygens (including phenoxy) is 1.